The van der Waals surface area contributed by atoms with Crippen molar-refractivity contribution in [3.05, 3.63) is 92.8 Å². The van der Waals surface area contributed by atoms with Crippen LogP contribution in [-0.2, 0) is 13.2 Å². The van der Waals surface area contributed by atoms with Gasteiger partial charge in [0.2, 0.25) is 5.89 Å². The van der Waals surface area contributed by atoms with E-state index < -0.39 is 5.97 Å². The monoisotopic (exact) mass is 621 g/mol. The fraction of sp³-hybridized carbons (Fsp3) is 0.281. The summed E-state index contributed by atoms with van der Waals surface area (Å²) in [5.74, 6) is 0.796. The maximum absolute atomic E-state index is 11.3. The second kappa shape index (κ2) is 12.7. The number of benzene rings is 3. The van der Waals surface area contributed by atoms with E-state index in [1.54, 1.807) is 35.6 Å². The van der Waals surface area contributed by atoms with Crippen LogP contribution < -0.4 is 9.64 Å². The molecule has 0 bridgehead atoms. The van der Waals surface area contributed by atoms with Crippen molar-refractivity contribution < 1.29 is 19.1 Å². The van der Waals surface area contributed by atoms with Gasteiger partial charge in [-0.1, -0.05) is 60.7 Å². The van der Waals surface area contributed by atoms with Gasteiger partial charge in [-0.05, 0) is 66.3 Å². The molecule has 0 saturated heterocycles. The molecule has 1 aliphatic rings. The Bertz CT molecular complexity index is 1700. The summed E-state index contributed by atoms with van der Waals surface area (Å²) in [5.41, 5.74) is 4.26. The molecule has 2 aromatic heterocycles. The number of carboxylic acid groups (broad SMARTS) is 1. The third kappa shape index (κ3) is 6.72. The van der Waals surface area contributed by atoms with Gasteiger partial charge in [-0.2, -0.15) is 0 Å². The summed E-state index contributed by atoms with van der Waals surface area (Å²) in [7, 11) is 0. The number of aromatic nitrogens is 2. The molecule has 1 fully saturated rings. The average molecular weight is 623 g/mol. The van der Waals surface area contributed by atoms with Gasteiger partial charge < -0.3 is 19.2 Å². The predicted octanol–water partition coefficient (Wildman–Crippen LogP) is 9.12. The first-order valence-corrected chi connectivity index (χ1v) is 15.6. The van der Waals surface area contributed by atoms with Crippen LogP contribution in [0.1, 0.15) is 53.6 Å². The lowest BCUT2D eigenvalue weighted by molar-refractivity contribution is 0.0697. The molecule has 6 rings (SSSR count). The average Bonchev–Trinajstić information content (AvgIpc) is 3.66. The van der Waals surface area contributed by atoms with Gasteiger partial charge in [0, 0.05) is 24.5 Å². The van der Waals surface area contributed by atoms with Gasteiger partial charge >= 0.3 is 5.97 Å². The summed E-state index contributed by atoms with van der Waals surface area (Å²) >= 11 is 13.7. The van der Waals surface area contributed by atoms with Gasteiger partial charge in [0.1, 0.15) is 23.6 Å². The first-order chi connectivity index (χ1) is 20.4. The number of hydrogen-bond donors (Lipinski definition) is 1. The van der Waals surface area contributed by atoms with Crippen LogP contribution in [0.3, 0.4) is 0 Å². The van der Waals surface area contributed by atoms with E-state index in [1.165, 1.54) is 32.1 Å². The molecule has 0 spiro atoms. The number of nitrogens with zero attached hydrogens (tertiary/aromatic N) is 3. The molecule has 0 radical (unpaired) electrons. The molecule has 0 unspecified atom stereocenters. The summed E-state index contributed by atoms with van der Waals surface area (Å²) in [6.45, 7) is 1.89. The van der Waals surface area contributed by atoms with Crippen LogP contribution >= 0.6 is 34.5 Å². The first kappa shape index (κ1) is 28.5. The molecular formula is C32H29Cl2N3O4S. The minimum absolute atomic E-state index is 0.285. The van der Waals surface area contributed by atoms with E-state index in [-0.39, 0.29) is 5.56 Å². The Hall–Kier alpha value is -3.59. The summed E-state index contributed by atoms with van der Waals surface area (Å²) in [6, 6.07) is 18.1. The van der Waals surface area contributed by atoms with Crippen LogP contribution in [0, 0.1) is 5.92 Å². The van der Waals surface area contributed by atoms with Gasteiger partial charge in [-0.25, -0.2) is 14.8 Å². The second-order valence-electron chi connectivity index (χ2n) is 10.6. The molecule has 0 aliphatic heterocycles. The van der Waals surface area contributed by atoms with Gasteiger partial charge in [0.15, 0.2) is 10.7 Å². The second-order valence-corrected chi connectivity index (χ2v) is 12.2. The molecule has 216 valence electrons. The zero-order valence-electron chi connectivity index (χ0n) is 22.8. The molecule has 1 N–H and O–H groups in total. The van der Waals surface area contributed by atoms with Crippen molar-refractivity contribution >= 4 is 56.7 Å². The van der Waals surface area contributed by atoms with Crippen molar-refractivity contribution in [2.24, 2.45) is 5.92 Å². The number of ether oxygens (including phenoxy) is 1. The Morgan fingerprint density at radius 2 is 1.76 bits per heavy atom. The molecule has 2 heterocycles. The summed E-state index contributed by atoms with van der Waals surface area (Å²) in [4.78, 5) is 23.2. The lowest BCUT2D eigenvalue weighted by Crippen LogP contribution is -2.30. The molecule has 0 atom stereocenters. The minimum Gasteiger partial charge on any atom is -0.489 e. The van der Waals surface area contributed by atoms with Crippen LogP contribution in [0.2, 0.25) is 10.0 Å². The number of fused-ring (bicyclic) bond motifs is 1. The molecule has 3 aromatic carbocycles. The molecule has 1 saturated carbocycles. The third-order valence-corrected chi connectivity index (χ3v) is 9.15. The molecule has 7 nitrogen and oxygen atoms in total. The standard InChI is InChI=1S/C32H29Cl2N3O4S/c33-25-12-8-22(14-26(25)34)18-40-24-11-13-27-29(15-24)41-30(35-27)28-19-42-32(36-28)37(16-20-4-2-1-3-5-20)17-21-6-9-23(10-7-21)31(38)39/h6-15,19-20H,1-5,16-18H2,(H,38,39). The summed E-state index contributed by atoms with van der Waals surface area (Å²) in [6.07, 6.45) is 6.25. The Kier molecular flexibility index (Phi) is 8.65. The van der Waals surface area contributed by atoms with Gasteiger partial charge in [-0.15, -0.1) is 11.3 Å². The maximum Gasteiger partial charge on any atom is 0.335 e. The smallest absolute Gasteiger partial charge is 0.335 e. The predicted molar refractivity (Wildman–Crippen MR) is 167 cm³/mol. The minimum atomic E-state index is -0.923. The van der Waals surface area contributed by atoms with E-state index in [0.29, 0.717) is 52.0 Å². The van der Waals surface area contributed by atoms with Gasteiger partial charge in [0.05, 0.1) is 15.6 Å². The van der Waals surface area contributed by atoms with Gasteiger partial charge in [0.25, 0.3) is 0 Å². The first-order valence-electron chi connectivity index (χ1n) is 13.9. The zero-order valence-corrected chi connectivity index (χ0v) is 25.1. The van der Waals surface area contributed by atoms with Gasteiger partial charge in [-0.3, -0.25) is 0 Å². The molecule has 42 heavy (non-hydrogen) atoms. The van der Waals surface area contributed by atoms with E-state index in [9.17, 15) is 9.90 Å². The van der Waals surface area contributed by atoms with Crippen LogP contribution in [0.4, 0.5) is 5.13 Å². The van der Waals surface area contributed by atoms with Crippen LogP contribution in [-0.4, -0.2) is 27.6 Å². The fourth-order valence-corrected chi connectivity index (χ4v) is 6.40. The third-order valence-electron chi connectivity index (χ3n) is 7.51. The SMILES string of the molecule is O=C(O)c1ccc(CN(CC2CCCCC2)c2nc(-c3nc4ccc(OCc5ccc(Cl)c(Cl)c5)cc4o3)cs2)cc1. The van der Waals surface area contributed by atoms with E-state index in [4.69, 9.17) is 37.3 Å². The highest BCUT2D eigenvalue weighted by Crippen LogP contribution is 2.34. The van der Waals surface area contributed by atoms with Crippen molar-refractivity contribution in [1.82, 2.24) is 9.97 Å². The quantitative estimate of drug-likeness (QED) is 0.166. The Morgan fingerprint density at radius 1 is 0.976 bits per heavy atom. The van der Waals surface area contributed by atoms with E-state index >= 15 is 0 Å². The van der Waals surface area contributed by atoms with Crippen molar-refractivity contribution in [1.29, 1.82) is 0 Å². The number of oxazole rings is 1. The fourth-order valence-electron chi connectivity index (χ4n) is 5.27. The molecule has 10 heteroatoms. The Labute approximate surface area is 257 Å². The number of thiazole rings is 1. The number of halogens is 2. The van der Waals surface area contributed by atoms with Crippen molar-refractivity contribution in [2.45, 2.75) is 45.3 Å². The molecule has 0 amide bonds. The van der Waals surface area contributed by atoms with Crippen LogP contribution in [0.15, 0.2) is 70.5 Å². The van der Waals surface area contributed by atoms with Crippen molar-refractivity contribution in [3.8, 4) is 17.3 Å². The molecular weight excluding hydrogens is 593 g/mol. The Morgan fingerprint density at radius 3 is 2.52 bits per heavy atom. The lowest BCUT2D eigenvalue weighted by atomic mass is 9.89. The van der Waals surface area contributed by atoms with E-state index in [2.05, 4.69) is 9.88 Å². The normalized spacial score (nSPS) is 13.9. The topological polar surface area (TPSA) is 88.7 Å². The summed E-state index contributed by atoms with van der Waals surface area (Å²) < 4.78 is 12.1. The number of carboxylic acids is 1. The van der Waals surface area contributed by atoms with Crippen LogP contribution in [0.5, 0.6) is 5.75 Å². The van der Waals surface area contributed by atoms with Crippen molar-refractivity contribution in [2.75, 3.05) is 11.4 Å². The lowest BCUT2D eigenvalue weighted by Gasteiger charge is -2.29. The van der Waals surface area contributed by atoms with E-state index in [1.807, 2.05) is 41.8 Å². The maximum atomic E-state index is 11.3. The zero-order chi connectivity index (χ0) is 29.1. The number of hydrogen-bond acceptors (Lipinski definition) is 7. The number of rotatable bonds is 10. The van der Waals surface area contributed by atoms with Crippen molar-refractivity contribution in [3.63, 3.8) is 0 Å². The van der Waals surface area contributed by atoms with Crippen LogP contribution in [0.25, 0.3) is 22.7 Å². The number of carbonyl (C=O) groups is 1. The van der Waals surface area contributed by atoms with E-state index in [0.717, 1.165) is 28.3 Å². The largest absolute Gasteiger partial charge is 0.489 e. The number of aromatic carboxylic acids is 1. The highest BCUT2D eigenvalue weighted by Gasteiger charge is 2.22. The highest BCUT2D eigenvalue weighted by molar-refractivity contribution is 7.14. The molecule has 1 aliphatic carbocycles. The summed E-state index contributed by atoms with van der Waals surface area (Å²) in [5, 5.41) is 13.1. The number of anilines is 1. The molecule has 5 aromatic rings. The Balaban J connectivity index is 1.20. The highest BCUT2D eigenvalue weighted by atomic mass is 35.5.